The van der Waals surface area contributed by atoms with Crippen LogP contribution in [-0.2, 0) is 14.9 Å². The van der Waals surface area contributed by atoms with Crippen LogP contribution >= 0.6 is 27.3 Å². The van der Waals surface area contributed by atoms with E-state index in [4.69, 9.17) is 0 Å². The van der Waals surface area contributed by atoms with E-state index in [-0.39, 0.29) is 4.90 Å². The smallest absolute Gasteiger partial charge is 0.263 e. The lowest BCUT2D eigenvalue weighted by Crippen LogP contribution is -2.22. The molecule has 1 aromatic rings. The number of thiophene rings is 1. The molecule has 0 amide bonds. The van der Waals surface area contributed by atoms with E-state index in [9.17, 15) is 8.42 Å². The third kappa shape index (κ3) is 2.50. The van der Waals surface area contributed by atoms with Crippen LogP contribution in [0.4, 0.5) is 0 Å². The van der Waals surface area contributed by atoms with E-state index in [1.807, 2.05) is 4.89 Å². The maximum atomic E-state index is 11.4. The Labute approximate surface area is 89.0 Å². The SMILES string of the molecule is CONS(=O)(=O)c1cc(Br)sc1C. The van der Waals surface area contributed by atoms with E-state index in [1.165, 1.54) is 18.4 Å². The van der Waals surface area contributed by atoms with Crippen molar-refractivity contribution in [2.75, 3.05) is 7.11 Å². The van der Waals surface area contributed by atoms with Gasteiger partial charge >= 0.3 is 0 Å². The zero-order valence-electron chi connectivity index (χ0n) is 7.00. The quantitative estimate of drug-likeness (QED) is 0.860. The van der Waals surface area contributed by atoms with Gasteiger partial charge in [0.1, 0.15) is 0 Å². The van der Waals surface area contributed by atoms with Gasteiger partial charge in [0.2, 0.25) is 0 Å². The minimum Gasteiger partial charge on any atom is -0.290 e. The van der Waals surface area contributed by atoms with E-state index >= 15 is 0 Å². The molecule has 0 aromatic carbocycles. The van der Waals surface area contributed by atoms with Gasteiger partial charge in [-0.25, -0.2) is 8.42 Å². The number of sulfonamides is 1. The topological polar surface area (TPSA) is 55.4 Å². The molecule has 1 rings (SSSR count). The summed E-state index contributed by atoms with van der Waals surface area (Å²) in [4.78, 5) is 7.29. The number of hydrogen-bond acceptors (Lipinski definition) is 4. The molecule has 0 aliphatic rings. The van der Waals surface area contributed by atoms with Gasteiger partial charge in [0.05, 0.1) is 15.8 Å². The van der Waals surface area contributed by atoms with Crippen molar-refractivity contribution in [3.05, 3.63) is 14.7 Å². The summed E-state index contributed by atoms with van der Waals surface area (Å²) in [5, 5.41) is 0. The highest BCUT2D eigenvalue weighted by atomic mass is 79.9. The predicted octanol–water partition coefficient (Wildman–Crippen LogP) is 1.66. The Hall–Kier alpha value is 0.0500. The second kappa shape index (κ2) is 4.05. The zero-order valence-corrected chi connectivity index (χ0v) is 10.2. The Morgan fingerprint density at radius 1 is 1.62 bits per heavy atom. The summed E-state index contributed by atoms with van der Waals surface area (Å²) < 4.78 is 23.6. The standard InChI is InChI=1S/C6H8BrNO3S2/c1-4-5(3-6(7)12-4)13(9,10)8-11-2/h3,8H,1-2H3. The molecular formula is C6H8BrNO3S2. The van der Waals surface area contributed by atoms with E-state index in [2.05, 4.69) is 20.8 Å². The van der Waals surface area contributed by atoms with E-state index in [1.54, 1.807) is 13.0 Å². The molecule has 1 aromatic heterocycles. The molecule has 0 saturated heterocycles. The summed E-state index contributed by atoms with van der Waals surface area (Å²) >= 11 is 4.58. The second-order valence-electron chi connectivity index (χ2n) is 2.26. The Morgan fingerprint density at radius 2 is 2.23 bits per heavy atom. The maximum Gasteiger partial charge on any atom is 0.263 e. The van der Waals surface area contributed by atoms with Crippen LogP contribution in [0.2, 0.25) is 0 Å². The monoisotopic (exact) mass is 285 g/mol. The maximum absolute atomic E-state index is 11.4. The molecule has 0 saturated carbocycles. The molecule has 0 aliphatic heterocycles. The highest BCUT2D eigenvalue weighted by Crippen LogP contribution is 2.29. The van der Waals surface area contributed by atoms with E-state index in [0.717, 1.165) is 8.66 Å². The Kier molecular flexibility index (Phi) is 3.47. The number of hydrogen-bond donors (Lipinski definition) is 1. The summed E-state index contributed by atoms with van der Waals surface area (Å²) in [6, 6.07) is 1.54. The fourth-order valence-corrected chi connectivity index (χ4v) is 4.08. The van der Waals surface area contributed by atoms with Crippen molar-refractivity contribution in [3.63, 3.8) is 0 Å². The third-order valence-corrected chi connectivity index (χ3v) is 4.40. The first-order valence-electron chi connectivity index (χ1n) is 3.28. The van der Waals surface area contributed by atoms with Gasteiger partial charge in [-0.15, -0.1) is 11.3 Å². The first-order valence-corrected chi connectivity index (χ1v) is 6.37. The molecule has 0 fully saturated rings. The lowest BCUT2D eigenvalue weighted by Gasteiger charge is -2.01. The second-order valence-corrected chi connectivity index (χ2v) is 6.51. The average Bonchev–Trinajstić information content (AvgIpc) is 2.30. The summed E-state index contributed by atoms with van der Waals surface area (Å²) in [6.45, 7) is 1.74. The number of aryl methyl sites for hydroxylation is 1. The molecule has 0 bridgehead atoms. The van der Waals surface area contributed by atoms with Gasteiger partial charge in [0, 0.05) is 4.88 Å². The van der Waals surface area contributed by atoms with Gasteiger partial charge in [-0.05, 0) is 28.9 Å². The molecule has 1 N–H and O–H groups in total. The minimum absolute atomic E-state index is 0.242. The van der Waals surface area contributed by atoms with Crippen molar-refractivity contribution in [2.24, 2.45) is 0 Å². The van der Waals surface area contributed by atoms with Crippen molar-refractivity contribution in [2.45, 2.75) is 11.8 Å². The largest absolute Gasteiger partial charge is 0.290 e. The van der Waals surface area contributed by atoms with Gasteiger partial charge in [-0.2, -0.15) is 0 Å². The van der Waals surface area contributed by atoms with Crippen LogP contribution in [-0.4, -0.2) is 15.5 Å². The Morgan fingerprint density at radius 3 is 2.62 bits per heavy atom. The van der Waals surface area contributed by atoms with Crippen molar-refractivity contribution >= 4 is 37.3 Å². The molecule has 7 heteroatoms. The van der Waals surface area contributed by atoms with Crippen LogP contribution in [0.3, 0.4) is 0 Å². The summed E-state index contributed by atoms with van der Waals surface area (Å²) in [7, 11) is -2.25. The van der Waals surface area contributed by atoms with Crippen LogP contribution in [0.25, 0.3) is 0 Å². The molecule has 0 atom stereocenters. The molecule has 74 valence electrons. The molecule has 13 heavy (non-hydrogen) atoms. The predicted molar refractivity (Wildman–Crippen MR) is 54.1 cm³/mol. The van der Waals surface area contributed by atoms with Crippen LogP contribution in [0, 0.1) is 6.92 Å². The van der Waals surface area contributed by atoms with Gasteiger partial charge in [0.25, 0.3) is 10.0 Å². The van der Waals surface area contributed by atoms with Crippen LogP contribution in [0.15, 0.2) is 14.7 Å². The number of halogens is 1. The van der Waals surface area contributed by atoms with Gasteiger partial charge in [-0.1, -0.05) is 4.89 Å². The fraction of sp³-hybridized carbons (Fsp3) is 0.333. The van der Waals surface area contributed by atoms with Crippen LogP contribution < -0.4 is 4.89 Å². The molecule has 0 unspecified atom stereocenters. The first kappa shape index (κ1) is 11.1. The number of rotatable bonds is 3. The molecular weight excluding hydrogens is 278 g/mol. The summed E-state index contributed by atoms with van der Waals surface area (Å²) in [5.41, 5.74) is 0. The lowest BCUT2D eigenvalue weighted by atomic mass is 10.5. The van der Waals surface area contributed by atoms with Crippen molar-refractivity contribution in [1.82, 2.24) is 4.89 Å². The summed E-state index contributed by atoms with van der Waals surface area (Å²) in [5.74, 6) is 0. The fourth-order valence-electron chi connectivity index (χ4n) is 0.852. The average molecular weight is 286 g/mol. The normalized spacial score (nSPS) is 11.9. The number of nitrogens with one attached hydrogen (secondary N) is 1. The molecule has 0 radical (unpaired) electrons. The molecule has 4 nitrogen and oxygen atoms in total. The van der Waals surface area contributed by atoms with Crippen LogP contribution in [0.5, 0.6) is 0 Å². The first-order chi connectivity index (χ1) is 5.97. The van der Waals surface area contributed by atoms with Gasteiger partial charge in [0.15, 0.2) is 0 Å². The highest BCUT2D eigenvalue weighted by molar-refractivity contribution is 9.11. The van der Waals surface area contributed by atoms with Gasteiger partial charge in [-0.3, -0.25) is 4.84 Å². The summed E-state index contributed by atoms with van der Waals surface area (Å²) in [6.07, 6.45) is 0. The molecule has 0 aliphatic carbocycles. The van der Waals surface area contributed by atoms with E-state index in [0.29, 0.717) is 0 Å². The molecule has 1 heterocycles. The van der Waals surface area contributed by atoms with Crippen LogP contribution in [0.1, 0.15) is 4.88 Å². The Balaban J connectivity index is 3.14. The third-order valence-electron chi connectivity index (χ3n) is 1.32. The van der Waals surface area contributed by atoms with E-state index < -0.39 is 10.0 Å². The zero-order chi connectivity index (χ0) is 10.1. The van der Waals surface area contributed by atoms with Crippen molar-refractivity contribution in [3.8, 4) is 0 Å². The van der Waals surface area contributed by atoms with Crippen molar-refractivity contribution < 1.29 is 13.3 Å². The minimum atomic E-state index is -3.51. The lowest BCUT2D eigenvalue weighted by molar-refractivity contribution is 0.153. The highest BCUT2D eigenvalue weighted by Gasteiger charge is 2.18. The molecule has 0 spiro atoms. The van der Waals surface area contributed by atoms with Gasteiger partial charge < -0.3 is 0 Å². The van der Waals surface area contributed by atoms with Crippen molar-refractivity contribution in [1.29, 1.82) is 0 Å². The Bertz CT molecular complexity index is 398.